The fraction of sp³-hybridized carbons (Fsp3) is 0.0500. The van der Waals surface area contributed by atoms with Gasteiger partial charge >= 0.3 is 5.69 Å². The van der Waals surface area contributed by atoms with Crippen LogP contribution in [0.15, 0.2) is 46.2 Å². The van der Waals surface area contributed by atoms with Gasteiger partial charge in [-0.3, -0.25) is 9.56 Å². The van der Waals surface area contributed by atoms with Crippen molar-refractivity contribution in [3.8, 4) is 11.9 Å². The lowest BCUT2D eigenvalue weighted by Crippen LogP contribution is -2.17. The van der Waals surface area contributed by atoms with E-state index < -0.39 is 11.5 Å². The van der Waals surface area contributed by atoms with Crippen molar-refractivity contribution in [2.24, 2.45) is 4.99 Å². The minimum absolute atomic E-state index is 0.0484. The molecule has 0 radical (unpaired) electrons. The van der Waals surface area contributed by atoms with Crippen LogP contribution in [0.1, 0.15) is 22.4 Å². The molecule has 6 nitrogen and oxygen atoms in total. The molecular formula is C20H12ClFN4O2. The standard InChI is InChI=1S/C20H12ClFN4O2/c21-14-3-4-15-13(9-24-17(15)7-14)6-18-19(27)26(20(28)25-18)10-11-1-2-12(8-23)16(22)5-11/h1-7,9,27H,10H2,(H,25,28)/b13-6+. The fourth-order valence-corrected chi connectivity index (χ4v) is 3.16. The van der Waals surface area contributed by atoms with Gasteiger partial charge in [0.25, 0.3) is 0 Å². The summed E-state index contributed by atoms with van der Waals surface area (Å²) in [5.74, 6) is -0.957. The zero-order valence-electron chi connectivity index (χ0n) is 14.3. The number of H-pyrrole nitrogens is 1. The molecule has 1 aliphatic heterocycles. The molecule has 8 heteroatoms. The number of nitrogens with one attached hydrogen (secondary N) is 1. The first-order valence-corrected chi connectivity index (χ1v) is 8.60. The molecule has 2 N–H and O–H groups in total. The molecule has 0 aliphatic carbocycles. The molecule has 0 spiro atoms. The van der Waals surface area contributed by atoms with Gasteiger partial charge in [0.05, 0.1) is 17.8 Å². The van der Waals surface area contributed by atoms with Gasteiger partial charge in [-0.15, -0.1) is 0 Å². The number of imidazole rings is 1. The summed E-state index contributed by atoms with van der Waals surface area (Å²) in [6.07, 6.45) is 3.22. The minimum atomic E-state index is -0.678. The van der Waals surface area contributed by atoms with Crippen LogP contribution in [0.2, 0.25) is 5.02 Å². The molecule has 0 saturated heterocycles. The summed E-state index contributed by atoms with van der Waals surface area (Å²) in [7, 11) is 0. The highest BCUT2D eigenvalue weighted by molar-refractivity contribution is 6.31. The van der Waals surface area contributed by atoms with E-state index in [1.54, 1.807) is 30.5 Å². The smallest absolute Gasteiger partial charge is 0.329 e. The third-order valence-electron chi connectivity index (χ3n) is 4.39. The van der Waals surface area contributed by atoms with Crippen molar-refractivity contribution in [2.75, 3.05) is 0 Å². The van der Waals surface area contributed by atoms with Crippen molar-refractivity contribution in [1.82, 2.24) is 9.55 Å². The van der Waals surface area contributed by atoms with Gasteiger partial charge in [0.1, 0.15) is 17.6 Å². The van der Waals surface area contributed by atoms with Crippen LogP contribution in [0.4, 0.5) is 10.1 Å². The monoisotopic (exact) mass is 394 g/mol. The average molecular weight is 395 g/mol. The number of fused-ring (bicyclic) bond motifs is 1. The van der Waals surface area contributed by atoms with Crippen molar-refractivity contribution in [1.29, 1.82) is 5.26 Å². The number of hydrogen-bond donors (Lipinski definition) is 2. The van der Waals surface area contributed by atoms with E-state index in [1.165, 1.54) is 18.2 Å². The van der Waals surface area contributed by atoms with E-state index in [0.717, 1.165) is 10.1 Å². The molecule has 1 aromatic heterocycles. The molecule has 0 amide bonds. The number of hydrogen-bond acceptors (Lipinski definition) is 4. The maximum atomic E-state index is 13.8. The van der Waals surface area contributed by atoms with E-state index >= 15 is 0 Å². The Labute approximate surface area is 163 Å². The molecule has 0 unspecified atom stereocenters. The molecule has 2 heterocycles. The van der Waals surface area contributed by atoms with E-state index in [0.29, 0.717) is 21.8 Å². The summed E-state index contributed by atoms with van der Waals surface area (Å²) in [4.78, 5) is 19.1. The van der Waals surface area contributed by atoms with E-state index in [1.807, 2.05) is 6.07 Å². The Balaban J connectivity index is 1.68. The number of benzene rings is 2. The summed E-state index contributed by atoms with van der Waals surface area (Å²) in [6.45, 7) is -0.0484. The van der Waals surface area contributed by atoms with Crippen LogP contribution in [0, 0.1) is 17.1 Å². The lowest BCUT2D eigenvalue weighted by molar-refractivity contribution is 0.420. The van der Waals surface area contributed by atoms with Crippen LogP contribution < -0.4 is 5.69 Å². The van der Waals surface area contributed by atoms with Gasteiger partial charge in [-0.05, 0) is 35.9 Å². The Morgan fingerprint density at radius 3 is 2.89 bits per heavy atom. The number of nitrogens with zero attached hydrogens (tertiary/aromatic N) is 3. The topological polar surface area (TPSA) is 94.2 Å². The molecule has 4 rings (SSSR count). The number of aliphatic imine (C=N–C) groups is 1. The van der Waals surface area contributed by atoms with Crippen molar-refractivity contribution >= 4 is 35.2 Å². The Hall–Kier alpha value is -3.63. The number of rotatable bonds is 3. The van der Waals surface area contributed by atoms with Gasteiger partial charge in [-0.2, -0.15) is 5.26 Å². The number of nitriles is 1. The van der Waals surface area contributed by atoms with Gasteiger partial charge < -0.3 is 10.1 Å². The van der Waals surface area contributed by atoms with Crippen LogP contribution >= 0.6 is 11.6 Å². The number of aromatic amines is 1. The second-order valence-corrected chi connectivity index (χ2v) is 6.64. The molecule has 1 aliphatic rings. The molecule has 3 aromatic rings. The predicted molar refractivity (Wildman–Crippen MR) is 104 cm³/mol. The molecule has 0 atom stereocenters. The maximum Gasteiger partial charge on any atom is 0.329 e. The first kappa shape index (κ1) is 17.8. The molecule has 0 fully saturated rings. The Morgan fingerprint density at radius 1 is 1.32 bits per heavy atom. The van der Waals surface area contributed by atoms with Crippen LogP contribution in [-0.2, 0) is 6.54 Å². The average Bonchev–Trinajstić information content (AvgIpc) is 3.17. The summed E-state index contributed by atoms with van der Waals surface area (Å²) < 4.78 is 14.9. The Morgan fingerprint density at radius 2 is 2.14 bits per heavy atom. The molecule has 2 aromatic carbocycles. The molecular weight excluding hydrogens is 383 g/mol. The van der Waals surface area contributed by atoms with Gasteiger partial charge in [0.15, 0.2) is 0 Å². The normalized spacial score (nSPS) is 13.7. The van der Waals surface area contributed by atoms with E-state index in [4.69, 9.17) is 16.9 Å². The lowest BCUT2D eigenvalue weighted by Gasteiger charge is -2.05. The molecule has 0 bridgehead atoms. The van der Waals surface area contributed by atoms with Crippen LogP contribution in [-0.4, -0.2) is 20.9 Å². The molecule has 28 heavy (non-hydrogen) atoms. The zero-order chi connectivity index (χ0) is 19.8. The van der Waals surface area contributed by atoms with Crippen LogP contribution in [0.25, 0.3) is 11.6 Å². The summed E-state index contributed by atoms with van der Waals surface area (Å²) in [5, 5.41) is 19.8. The van der Waals surface area contributed by atoms with Gasteiger partial charge in [-0.1, -0.05) is 23.7 Å². The highest BCUT2D eigenvalue weighted by Gasteiger charge is 2.17. The Kier molecular flexibility index (Phi) is 4.34. The van der Waals surface area contributed by atoms with Crippen LogP contribution in [0.3, 0.4) is 0 Å². The van der Waals surface area contributed by atoms with Gasteiger partial charge in [0, 0.05) is 22.4 Å². The summed E-state index contributed by atoms with van der Waals surface area (Å²) in [6, 6.07) is 11.0. The van der Waals surface area contributed by atoms with E-state index in [-0.39, 0.29) is 23.7 Å². The summed E-state index contributed by atoms with van der Waals surface area (Å²) >= 11 is 5.96. The van der Waals surface area contributed by atoms with Crippen molar-refractivity contribution in [3.63, 3.8) is 0 Å². The third-order valence-corrected chi connectivity index (χ3v) is 4.63. The van der Waals surface area contributed by atoms with E-state index in [9.17, 15) is 14.3 Å². The number of allylic oxidation sites excluding steroid dienone is 1. The first-order chi connectivity index (χ1) is 13.5. The number of aromatic hydroxyl groups is 1. The quantitative estimate of drug-likeness (QED) is 0.706. The predicted octanol–water partition coefficient (Wildman–Crippen LogP) is 3.85. The zero-order valence-corrected chi connectivity index (χ0v) is 15.0. The first-order valence-electron chi connectivity index (χ1n) is 8.22. The Bertz CT molecular complexity index is 1260. The number of aromatic nitrogens is 2. The van der Waals surface area contributed by atoms with Crippen molar-refractivity contribution in [2.45, 2.75) is 6.54 Å². The fourth-order valence-electron chi connectivity index (χ4n) is 2.99. The van der Waals surface area contributed by atoms with Crippen molar-refractivity contribution in [3.05, 3.63) is 80.1 Å². The molecule has 138 valence electrons. The van der Waals surface area contributed by atoms with Crippen molar-refractivity contribution < 1.29 is 9.50 Å². The van der Waals surface area contributed by atoms with E-state index in [2.05, 4.69) is 9.98 Å². The summed E-state index contributed by atoms with van der Waals surface area (Å²) in [5.41, 5.74) is 2.26. The lowest BCUT2D eigenvalue weighted by atomic mass is 10.1. The minimum Gasteiger partial charge on any atom is -0.493 e. The SMILES string of the molecule is N#Cc1ccc(Cn2c(O)c(/C=C3\C=Nc4cc(Cl)ccc43)[nH]c2=O)cc1F. The van der Waals surface area contributed by atoms with Crippen LogP contribution in [0.5, 0.6) is 5.88 Å². The third kappa shape index (κ3) is 3.10. The van der Waals surface area contributed by atoms with Gasteiger partial charge in [0.2, 0.25) is 5.88 Å². The largest absolute Gasteiger partial charge is 0.493 e. The highest BCUT2D eigenvalue weighted by Crippen LogP contribution is 2.35. The van der Waals surface area contributed by atoms with Gasteiger partial charge in [-0.25, -0.2) is 9.18 Å². The highest BCUT2D eigenvalue weighted by atomic mass is 35.5. The number of halogens is 2. The molecule has 0 saturated carbocycles. The second-order valence-electron chi connectivity index (χ2n) is 6.20. The second kappa shape index (κ2) is 6.83. The maximum absolute atomic E-state index is 13.8.